The van der Waals surface area contributed by atoms with E-state index in [9.17, 15) is 4.79 Å². The number of benzene rings is 1. The number of hydrogen-bond acceptors (Lipinski definition) is 4. The average Bonchev–Trinajstić information content (AvgIpc) is 2.98. The predicted octanol–water partition coefficient (Wildman–Crippen LogP) is 1.12. The molecular weight excluding hydrogens is 256 g/mol. The summed E-state index contributed by atoms with van der Waals surface area (Å²) in [5.74, 6) is 0.697. The molecule has 6 nitrogen and oxygen atoms in total. The lowest BCUT2D eigenvalue weighted by atomic mass is 10.3. The number of amides is 1. The van der Waals surface area contributed by atoms with Crippen LogP contribution in [0.25, 0.3) is 0 Å². The minimum absolute atomic E-state index is 0.0687. The zero-order valence-corrected chi connectivity index (χ0v) is 11.4. The summed E-state index contributed by atoms with van der Waals surface area (Å²) >= 11 is 0. The second-order valence-corrected chi connectivity index (χ2v) is 4.25. The highest BCUT2D eigenvalue weighted by Crippen LogP contribution is 2.14. The fraction of sp³-hybridized carbons (Fsp3) is 0.286. The van der Waals surface area contributed by atoms with Gasteiger partial charge in [0.2, 0.25) is 5.91 Å². The molecular formula is C14H18N4O2. The van der Waals surface area contributed by atoms with Crippen molar-refractivity contribution in [2.24, 2.45) is 0 Å². The third-order valence-electron chi connectivity index (χ3n) is 2.77. The van der Waals surface area contributed by atoms with Crippen LogP contribution in [0.4, 0.5) is 5.69 Å². The molecule has 2 N–H and O–H groups in total. The van der Waals surface area contributed by atoms with Crippen LogP contribution in [0.15, 0.2) is 43.0 Å². The molecule has 0 fully saturated rings. The number of carbonyl (C=O) groups excluding carboxylic acids is 1. The first-order valence-corrected chi connectivity index (χ1v) is 6.38. The lowest BCUT2D eigenvalue weighted by molar-refractivity contribution is -0.115. The fourth-order valence-corrected chi connectivity index (χ4v) is 1.71. The van der Waals surface area contributed by atoms with Crippen molar-refractivity contribution in [3.8, 4) is 5.75 Å². The molecule has 0 unspecified atom stereocenters. The molecule has 1 aromatic carbocycles. The molecule has 0 spiro atoms. The van der Waals surface area contributed by atoms with Gasteiger partial charge in [0.1, 0.15) is 5.75 Å². The molecule has 106 valence electrons. The Balaban J connectivity index is 1.66. The van der Waals surface area contributed by atoms with Crippen molar-refractivity contribution >= 4 is 11.6 Å². The number of hydrogen-bond donors (Lipinski definition) is 2. The SMILES string of the molecule is COc1ccc(NC(=O)CNCCn2ccnc2)cc1. The van der Waals surface area contributed by atoms with E-state index in [1.54, 1.807) is 19.6 Å². The maximum absolute atomic E-state index is 11.7. The maximum atomic E-state index is 11.7. The first-order chi connectivity index (χ1) is 9.78. The first-order valence-electron chi connectivity index (χ1n) is 6.38. The Bertz CT molecular complexity index is 523. The number of methoxy groups -OCH3 is 1. The monoisotopic (exact) mass is 274 g/mol. The van der Waals surface area contributed by atoms with Crippen molar-refractivity contribution in [3.05, 3.63) is 43.0 Å². The van der Waals surface area contributed by atoms with Gasteiger partial charge in [-0.15, -0.1) is 0 Å². The minimum Gasteiger partial charge on any atom is -0.497 e. The number of rotatable bonds is 7. The highest BCUT2D eigenvalue weighted by molar-refractivity contribution is 5.92. The van der Waals surface area contributed by atoms with Gasteiger partial charge in [0.15, 0.2) is 0 Å². The van der Waals surface area contributed by atoms with Gasteiger partial charge < -0.3 is 19.9 Å². The molecule has 2 aromatic rings. The summed E-state index contributed by atoms with van der Waals surface area (Å²) in [6.45, 7) is 1.78. The smallest absolute Gasteiger partial charge is 0.238 e. The van der Waals surface area contributed by atoms with Gasteiger partial charge in [-0.3, -0.25) is 4.79 Å². The Morgan fingerprint density at radius 1 is 1.35 bits per heavy atom. The molecule has 0 saturated heterocycles. The van der Waals surface area contributed by atoms with Gasteiger partial charge in [0.05, 0.1) is 20.0 Å². The Labute approximate surface area is 117 Å². The van der Waals surface area contributed by atoms with Crippen molar-refractivity contribution < 1.29 is 9.53 Å². The van der Waals surface area contributed by atoms with Crippen molar-refractivity contribution in [2.75, 3.05) is 25.5 Å². The number of ether oxygens (including phenoxy) is 1. The zero-order chi connectivity index (χ0) is 14.2. The van der Waals surface area contributed by atoms with E-state index in [2.05, 4.69) is 15.6 Å². The van der Waals surface area contributed by atoms with E-state index < -0.39 is 0 Å². The third-order valence-corrected chi connectivity index (χ3v) is 2.77. The largest absolute Gasteiger partial charge is 0.497 e. The average molecular weight is 274 g/mol. The summed E-state index contributed by atoms with van der Waals surface area (Å²) < 4.78 is 7.01. The Hall–Kier alpha value is -2.34. The van der Waals surface area contributed by atoms with Gasteiger partial charge in [-0.2, -0.15) is 0 Å². The van der Waals surface area contributed by atoms with E-state index in [0.29, 0.717) is 6.54 Å². The number of nitrogens with one attached hydrogen (secondary N) is 2. The predicted molar refractivity (Wildman–Crippen MR) is 76.7 cm³/mol. The normalized spacial score (nSPS) is 10.2. The van der Waals surface area contributed by atoms with Crippen LogP contribution >= 0.6 is 0 Å². The molecule has 1 aromatic heterocycles. The molecule has 0 aliphatic carbocycles. The summed E-state index contributed by atoms with van der Waals surface area (Å²) in [6.07, 6.45) is 5.37. The van der Waals surface area contributed by atoms with Crippen LogP contribution in [0, 0.1) is 0 Å². The quantitative estimate of drug-likeness (QED) is 0.742. The highest BCUT2D eigenvalue weighted by Gasteiger charge is 2.01. The number of anilines is 1. The van der Waals surface area contributed by atoms with E-state index in [1.807, 2.05) is 35.0 Å². The number of imidazole rings is 1. The van der Waals surface area contributed by atoms with Gasteiger partial charge in [0.25, 0.3) is 0 Å². The number of carbonyl (C=O) groups is 1. The van der Waals surface area contributed by atoms with Crippen LogP contribution in [0.2, 0.25) is 0 Å². The van der Waals surface area contributed by atoms with Crippen molar-refractivity contribution in [1.29, 1.82) is 0 Å². The lowest BCUT2D eigenvalue weighted by Crippen LogP contribution is -2.30. The molecule has 0 aliphatic heterocycles. The molecule has 0 saturated carbocycles. The van der Waals surface area contributed by atoms with Crippen molar-refractivity contribution in [2.45, 2.75) is 6.54 Å². The second-order valence-electron chi connectivity index (χ2n) is 4.25. The van der Waals surface area contributed by atoms with Gasteiger partial charge in [0, 0.05) is 31.2 Å². The van der Waals surface area contributed by atoms with Gasteiger partial charge >= 0.3 is 0 Å². The lowest BCUT2D eigenvalue weighted by Gasteiger charge is -2.07. The Morgan fingerprint density at radius 3 is 2.80 bits per heavy atom. The highest BCUT2D eigenvalue weighted by atomic mass is 16.5. The van der Waals surface area contributed by atoms with Crippen molar-refractivity contribution in [1.82, 2.24) is 14.9 Å². The van der Waals surface area contributed by atoms with Crippen LogP contribution in [0.5, 0.6) is 5.75 Å². The fourth-order valence-electron chi connectivity index (χ4n) is 1.71. The van der Waals surface area contributed by atoms with Gasteiger partial charge in [-0.25, -0.2) is 4.98 Å². The van der Waals surface area contributed by atoms with Crippen LogP contribution in [0.1, 0.15) is 0 Å². The second kappa shape index (κ2) is 7.30. The molecule has 0 radical (unpaired) electrons. The topological polar surface area (TPSA) is 68.2 Å². The molecule has 20 heavy (non-hydrogen) atoms. The van der Waals surface area contributed by atoms with Gasteiger partial charge in [-0.1, -0.05) is 0 Å². The molecule has 2 rings (SSSR count). The third kappa shape index (κ3) is 4.40. The molecule has 1 heterocycles. The van der Waals surface area contributed by atoms with Crippen molar-refractivity contribution in [3.63, 3.8) is 0 Å². The summed E-state index contributed by atoms with van der Waals surface area (Å²) in [6, 6.07) is 7.23. The van der Waals surface area contributed by atoms with Crippen LogP contribution in [-0.4, -0.2) is 35.7 Å². The Morgan fingerprint density at radius 2 is 2.15 bits per heavy atom. The summed E-state index contributed by atoms with van der Waals surface area (Å²) in [5.41, 5.74) is 0.757. The zero-order valence-electron chi connectivity index (χ0n) is 11.4. The van der Waals surface area contributed by atoms with E-state index in [4.69, 9.17) is 4.74 Å². The number of nitrogens with zero attached hydrogens (tertiary/aromatic N) is 2. The molecule has 0 bridgehead atoms. The Kier molecular flexibility index (Phi) is 5.14. The molecule has 1 amide bonds. The maximum Gasteiger partial charge on any atom is 0.238 e. The van der Waals surface area contributed by atoms with Crippen LogP contribution < -0.4 is 15.4 Å². The summed E-state index contributed by atoms with van der Waals surface area (Å²) in [4.78, 5) is 15.7. The summed E-state index contributed by atoms with van der Waals surface area (Å²) in [7, 11) is 1.61. The molecule has 0 aliphatic rings. The van der Waals surface area contributed by atoms with E-state index in [0.717, 1.165) is 18.0 Å². The molecule has 0 atom stereocenters. The van der Waals surface area contributed by atoms with Gasteiger partial charge in [-0.05, 0) is 24.3 Å². The minimum atomic E-state index is -0.0687. The van der Waals surface area contributed by atoms with E-state index in [1.165, 1.54) is 0 Å². The number of aromatic nitrogens is 2. The van der Waals surface area contributed by atoms with E-state index in [-0.39, 0.29) is 12.5 Å². The molecule has 6 heteroatoms. The van der Waals surface area contributed by atoms with Crippen LogP contribution in [-0.2, 0) is 11.3 Å². The summed E-state index contributed by atoms with van der Waals surface area (Å²) in [5, 5.41) is 5.89. The first kappa shape index (κ1) is 14.1. The van der Waals surface area contributed by atoms with E-state index >= 15 is 0 Å². The van der Waals surface area contributed by atoms with Crippen LogP contribution in [0.3, 0.4) is 0 Å². The standard InChI is InChI=1S/C14H18N4O2/c1-20-13-4-2-12(3-5-13)17-14(19)10-15-6-8-18-9-7-16-11-18/h2-5,7,9,11,15H,6,8,10H2,1H3,(H,17,19).